The smallest absolute Gasteiger partial charge is 0.0717 e. The van der Waals surface area contributed by atoms with Gasteiger partial charge >= 0.3 is 0 Å². The Morgan fingerprint density at radius 1 is 1.35 bits per heavy atom. The largest absolute Gasteiger partial charge is 0.375 e. The van der Waals surface area contributed by atoms with Crippen LogP contribution in [-0.4, -0.2) is 40.7 Å². The first kappa shape index (κ1) is 12.8. The summed E-state index contributed by atoms with van der Waals surface area (Å²) in [6, 6.07) is 10.4. The maximum Gasteiger partial charge on any atom is 0.0717 e. The zero-order valence-electron chi connectivity index (χ0n) is 10.8. The van der Waals surface area contributed by atoms with Gasteiger partial charge in [-0.2, -0.15) is 0 Å². The molecule has 0 unspecified atom stereocenters. The van der Waals surface area contributed by atoms with Gasteiger partial charge in [-0.05, 0) is 30.6 Å². The standard InChI is InChI=1S/C14H23NOSi/c1-17-14-7-8-15(11-14)9-10-16-12-13-5-3-2-4-6-13/h2-6,14H,7-12,17H2,1H3/t14-/m1/s1. The van der Waals surface area contributed by atoms with Crippen molar-refractivity contribution in [1.82, 2.24) is 4.90 Å². The number of hydrogen-bond donors (Lipinski definition) is 0. The van der Waals surface area contributed by atoms with Crippen LogP contribution >= 0.6 is 0 Å². The molecule has 0 aromatic heterocycles. The van der Waals surface area contributed by atoms with E-state index in [-0.39, 0.29) is 9.52 Å². The average Bonchev–Trinajstić information content (AvgIpc) is 2.84. The molecule has 94 valence electrons. The molecule has 3 heteroatoms. The third-order valence-corrected chi connectivity index (χ3v) is 5.43. The van der Waals surface area contributed by atoms with E-state index in [0.29, 0.717) is 0 Å². The molecule has 17 heavy (non-hydrogen) atoms. The molecule has 1 aromatic carbocycles. The number of likely N-dealkylation sites (tertiary alicyclic amines) is 1. The molecule has 1 aromatic rings. The van der Waals surface area contributed by atoms with E-state index < -0.39 is 0 Å². The number of ether oxygens (including phenoxy) is 1. The molecule has 0 bridgehead atoms. The van der Waals surface area contributed by atoms with Gasteiger partial charge < -0.3 is 9.64 Å². The highest BCUT2D eigenvalue weighted by Crippen LogP contribution is 2.19. The summed E-state index contributed by atoms with van der Waals surface area (Å²) in [7, 11) is 0.206. The van der Waals surface area contributed by atoms with Gasteiger partial charge in [0.05, 0.1) is 13.2 Å². The fourth-order valence-electron chi connectivity index (χ4n) is 2.41. The van der Waals surface area contributed by atoms with E-state index in [1.54, 1.807) is 0 Å². The molecule has 1 fully saturated rings. The predicted octanol–water partition coefficient (Wildman–Crippen LogP) is 1.91. The summed E-state index contributed by atoms with van der Waals surface area (Å²) in [5, 5.41) is 0. The van der Waals surface area contributed by atoms with E-state index in [0.717, 1.165) is 25.3 Å². The number of hydrogen-bond acceptors (Lipinski definition) is 2. The van der Waals surface area contributed by atoms with Crippen molar-refractivity contribution in [3.8, 4) is 0 Å². The molecule has 1 atom stereocenters. The van der Waals surface area contributed by atoms with Crippen LogP contribution in [0.15, 0.2) is 30.3 Å². The van der Waals surface area contributed by atoms with E-state index in [1.165, 1.54) is 25.1 Å². The van der Waals surface area contributed by atoms with Crippen LogP contribution in [0.25, 0.3) is 0 Å². The fourth-order valence-corrected chi connectivity index (χ4v) is 3.62. The van der Waals surface area contributed by atoms with Crippen molar-refractivity contribution >= 4 is 9.52 Å². The average molecular weight is 249 g/mol. The quantitative estimate of drug-likeness (QED) is 0.564. The topological polar surface area (TPSA) is 12.5 Å². The molecule has 2 nitrogen and oxygen atoms in total. The van der Waals surface area contributed by atoms with Gasteiger partial charge in [0.1, 0.15) is 0 Å². The molecule has 1 aliphatic rings. The van der Waals surface area contributed by atoms with Gasteiger partial charge in [0, 0.05) is 16.1 Å². The molecule has 1 saturated heterocycles. The third-order valence-electron chi connectivity index (χ3n) is 3.61. The Balaban J connectivity index is 1.58. The van der Waals surface area contributed by atoms with E-state index in [2.05, 4.69) is 35.7 Å². The van der Waals surface area contributed by atoms with Gasteiger partial charge in [-0.15, -0.1) is 0 Å². The maximum atomic E-state index is 5.72. The van der Waals surface area contributed by atoms with Gasteiger partial charge in [-0.1, -0.05) is 36.9 Å². The van der Waals surface area contributed by atoms with Crippen LogP contribution in [0.3, 0.4) is 0 Å². The first-order valence-electron chi connectivity index (χ1n) is 6.72. The highest BCUT2D eigenvalue weighted by atomic mass is 28.2. The van der Waals surface area contributed by atoms with Crippen molar-refractivity contribution in [1.29, 1.82) is 0 Å². The summed E-state index contributed by atoms with van der Waals surface area (Å²) < 4.78 is 5.72. The molecule has 0 aliphatic carbocycles. The van der Waals surface area contributed by atoms with Crippen LogP contribution in [0.2, 0.25) is 12.1 Å². The maximum absolute atomic E-state index is 5.72. The lowest BCUT2D eigenvalue weighted by Crippen LogP contribution is -2.25. The molecule has 2 rings (SSSR count). The van der Waals surface area contributed by atoms with E-state index >= 15 is 0 Å². The van der Waals surface area contributed by atoms with Gasteiger partial charge in [-0.25, -0.2) is 0 Å². The zero-order chi connectivity index (χ0) is 11.9. The second kappa shape index (κ2) is 6.94. The SMILES string of the molecule is C[SiH2][C@@H]1CCN(CCOCc2ccccc2)C1. The monoisotopic (exact) mass is 249 g/mol. The fraction of sp³-hybridized carbons (Fsp3) is 0.571. The Morgan fingerprint density at radius 2 is 2.18 bits per heavy atom. The lowest BCUT2D eigenvalue weighted by atomic mass is 10.2. The highest BCUT2D eigenvalue weighted by Gasteiger charge is 2.20. The summed E-state index contributed by atoms with van der Waals surface area (Å²) in [6.45, 7) is 7.78. The Hall–Kier alpha value is -0.643. The Morgan fingerprint density at radius 3 is 2.88 bits per heavy atom. The molecular formula is C14H23NOSi. The van der Waals surface area contributed by atoms with E-state index in [9.17, 15) is 0 Å². The number of rotatable bonds is 6. The van der Waals surface area contributed by atoms with Gasteiger partial charge in [0.2, 0.25) is 0 Å². The summed E-state index contributed by atoms with van der Waals surface area (Å²) >= 11 is 0. The highest BCUT2D eigenvalue weighted by molar-refractivity contribution is 6.35. The summed E-state index contributed by atoms with van der Waals surface area (Å²) in [5.41, 5.74) is 2.33. The molecule has 0 N–H and O–H groups in total. The van der Waals surface area contributed by atoms with Crippen molar-refractivity contribution in [2.24, 2.45) is 0 Å². The minimum Gasteiger partial charge on any atom is -0.375 e. The van der Waals surface area contributed by atoms with E-state index in [4.69, 9.17) is 4.74 Å². The van der Waals surface area contributed by atoms with Crippen LogP contribution in [0.5, 0.6) is 0 Å². The molecule has 0 spiro atoms. The van der Waals surface area contributed by atoms with Crippen molar-refractivity contribution < 1.29 is 4.74 Å². The van der Waals surface area contributed by atoms with Crippen LogP contribution in [0, 0.1) is 0 Å². The zero-order valence-corrected chi connectivity index (χ0v) is 12.2. The lowest BCUT2D eigenvalue weighted by Gasteiger charge is -2.15. The lowest BCUT2D eigenvalue weighted by molar-refractivity contribution is 0.0992. The third kappa shape index (κ3) is 4.26. The molecule has 0 amide bonds. The second-order valence-corrected chi connectivity index (χ2v) is 6.87. The van der Waals surface area contributed by atoms with Crippen molar-refractivity contribution in [2.75, 3.05) is 26.2 Å². The second-order valence-electron chi connectivity index (χ2n) is 4.90. The minimum atomic E-state index is 0.206. The molecule has 1 heterocycles. The van der Waals surface area contributed by atoms with Crippen LogP contribution in [0.1, 0.15) is 12.0 Å². The van der Waals surface area contributed by atoms with Gasteiger partial charge in [0.25, 0.3) is 0 Å². The summed E-state index contributed by atoms with van der Waals surface area (Å²) in [6.07, 6.45) is 1.43. The van der Waals surface area contributed by atoms with Crippen molar-refractivity contribution in [3.05, 3.63) is 35.9 Å². The van der Waals surface area contributed by atoms with E-state index in [1.807, 2.05) is 6.07 Å². The van der Waals surface area contributed by atoms with Crippen LogP contribution < -0.4 is 0 Å². The first-order valence-corrected chi connectivity index (χ1v) is 8.95. The van der Waals surface area contributed by atoms with Crippen molar-refractivity contribution in [2.45, 2.75) is 25.1 Å². The first-order chi connectivity index (χ1) is 8.38. The van der Waals surface area contributed by atoms with Gasteiger partial charge in [-0.3, -0.25) is 0 Å². The molecule has 1 aliphatic heterocycles. The van der Waals surface area contributed by atoms with Gasteiger partial charge in [0.15, 0.2) is 0 Å². The minimum absolute atomic E-state index is 0.206. The Labute approximate surface area is 107 Å². The normalized spacial score (nSPS) is 21.6. The van der Waals surface area contributed by atoms with Crippen molar-refractivity contribution in [3.63, 3.8) is 0 Å². The molecular weight excluding hydrogens is 226 g/mol. The number of nitrogens with zero attached hydrogens (tertiary/aromatic N) is 1. The predicted molar refractivity (Wildman–Crippen MR) is 75.3 cm³/mol. The van der Waals surface area contributed by atoms with Crippen LogP contribution in [-0.2, 0) is 11.3 Å². The summed E-state index contributed by atoms with van der Waals surface area (Å²) in [5.74, 6) is 0. The van der Waals surface area contributed by atoms with Crippen LogP contribution in [0.4, 0.5) is 0 Å². The summed E-state index contributed by atoms with van der Waals surface area (Å²) in [4.78, 5) is 2.56. The Bertz CT molecular complexity index is 317. The molecule has 0 radical (unpaired) electrons. The Kier molecular flexibility index (Phi) is 5.23. The number of benzene rings is 1. The molecule has 0 saturated carbocycles.